The summed E-state index contributed by atoms with van der Waals surface area (Å²) in [6.45, 7) is 8.84. The number of guanidine groups is 1. The van der Waals surface area contributed by atoms with Crippen LogP contribution in [0.4, 0.5) is 5.69 Å². The summed E-state index contributed by atoms with van der Waals surface area (Å²) in [5.74, 6) is 1.11. The summed E-state index contributed by atoms with van der Waals surface area (Å²) in [4.78, 5) is 16.1. The van der Waals surface area contributed by atoms with Gasteiger partial charge in [0.15, 0.2) is 5.96 Å². The minimum absolute atomic E-state index is 0. The number of anilines is 1. The van der Waals surface area contributed by atoms with Gasteiger partial charge in [0.25, 0.3) is 0 Å². The molecule has 0 fully saturated rings. The van der Waals surface area contributed by atoms with E-state index < -0.39 is 0 Å². The molecule has 0 aliphatic rings. The topological polar surface area (TPSA) is 65.5 Å². The van der Waals surface area contributed by atoms with Crippen LogP contribution in [0.25, 0.3) is 0 Å². The Kier molecular flexibility index (Phi) is 11.0. The average Bonchev–Trinajstić information content (AvgIpc) is 2.48. The molecule has 1 aromatic carbocycles. The second-order valence-corrected chi connectivity index (χ2v) is 6.36. The average molecular weight is 467 g/mol. The number of hydrogen-bond donors (Lipinski definition) is 3. The van der Waals surface area contributed by atoms with Crippen LogP contribution in [0.3, 0.4) is 0 Å². The Balaban J connectivity index is 0.00000529. The van der Waals surface area contributed by atoms with E-state index in [2.05, 4.69) is 41.7 Å². The van der Waals surface area contributed by atoms with Crippen molar-refractivity contribution in [2.24, 2.45) is 10.9 Å². The molecule has 24 heavy (non-hydrogen) atoms. The molecule has 7 heteroatoms. The predicted octanol–water partition coefficient (Wildman–Crippen LogP) is 3.80. The molecule has 0 aromatic heterocycles. The molecule has 0 spiro atoms. The van der Waals surface area contributed by atoms with Crippen LogP contribution >= 0.6 is 35.6 Å². The molecule has 0 heterocycles. The third-order valence-corrected chi connectivity index (χ3v) is 3.94. The molecule has 1 aromatic rings. The van der Waals surface area contributed by atoms with Gasteiger partial charge in [0.05, 0.1) is 10.7 Å². The van der Waals surface area contributed by atoms with Crippen molar-refractivity contribution in [3.63, 3.8) is 0 Å². The monoisotopic (exact) mass is 466 g/mol. The number of nitrogens with zero attached hydrogens (tertiary/aromatic N) is 1. The summed E-state index contributed by atoms with van der Waals surface area (Å²) in [5, 5.41) is 9.80. The van der Waals surface area contributed by atoms with E-state index in [1.807, 2.05) is 25.1 Å². The summed E-state index contributed by atoms with van der Waals surface area (Å²) in [5.41, 5.74) is 1.70. The second-order valence-electron chi connectivity index (χ2n) is 5.96. The normalized spacial score (nSPS) is 12.4. The Hall–Kier alpha value is -1.02. The van der Waals surface area contributed by atoms with Crippen LogP contribution in [0.1, 0.15) is 32.8 Å². The molecule has 0 saturated heterocycles. The summed E-state index contributed by atoms with van der Waals surface area (Å²) in [6, 6.07) is 5.86. The highest BCUT2D eigenvalue weighted by molar-refractivity contribution is 14.0. The summed E-state index contributed by atoms with van der Waals surface area (Å²) < 4.78 is 0. The van der Waals surface area contributed by atoms with Crippen molar-refractivity contribution in [3.05, 3.63) is 28.8 Å². The first-order valence-electron chi connectivity index (χ1n) is 7.86. The number of amides is 1. The lowest BCUT2D eigenvalue weighted by Crippen LogP contribution is -2.44. The van der Waals surface area contributed by atoms with Gasteiger partial charge in [-0.3, -0.25) is 9.79 Å². The first-order valence-corrected chi connectivity index (χ1v) is 8.24. The van der Waals surface area contributed by atoms with Crippen molar-refractivity contribution in [3.8, 4) is 0 Å². The Morgan fingerprint density at radius 3 is 2.50 bits per heavy atom. The lowest BCUT2D eigenvalue weighted by molar-refractivity contribution is -0.116. The Morgan fingerprint density at radius 2 is 1.96 bits per heavy atom. The number of benzene rings is 1. The van der Waals surface area contributed by atoms with Crippen molar-refractivity contribution in [1.82, 2.24) is 10.6 Å². The van der Waals surface area contributed by atoms with E-state index in [4.69, 9.17) is 11.6 Å². The summed E-state index contributed by atoms with van der Waals surface area (Å²) in [7, 11) is 1.72. The molecule has 0 aliphatic carbocycles. The van der Waals surface area contributed by atoms with Gasteiger partial charge in [-0.15, -0.1) is 24.0 Å². The highest BCUT2D eigenvalue weighted by Gasteiger charge is 2.10. The van der Waals surface area contributed by atoms with Gasteiger partial charge in [-0.1, -0.05) is 31.5 Å². The number of aryl methyl sites for hydroxylation is 1. The van der Waals surface area contributed by atoms with Gasteiger partial charge >= 0.3 is 0 Å². The molecule has 0 bridgehead atoms. The zero-order valence-corrected chi connectivity index (χ0v) is 18.0. The van der Waals surface area contributed by atoms with Gasteiger partial charge in [0, 0.05) is 26.1 Å². The number of hydrogen-bond acceptors (Lipinski definition) is 2. The van der Waals surface area contributed by atoms with Crippen molar-refractivity contribution < 1.29 is 4.79 Å². The van der Waals surface area contributed by atoms with Crippen LogP contribution in [-0.2, 0) is 4.79 Å². The number of carbonyl (C=O) groups excluding carboxylic acids is 1. The van der Waals surface area contributed by atoms with Crippen molar-refractivity contribution in [2.45, 2.75) is 40.2 Å². The molecule has 1 rings (SSSR count). The van der Waals surface area contributed by atoms with Gasteiger partial charge in [0.1, 0.15) is 0 Å². The quantitative estimate of drug-likeness (QED) is 0.339. The first kappa shape index (κ1) is 23.0. The van der Waals surface area contributed by atoms with Gasteiger partial charge in [-0.25, -0.2) is 0 Å². The van der Waals surface area contributed by atoms with E-state index >= 15 is 0 Å². The zero-order valence-electron chi connectivity index (χ0n) is 14.9. The van der Waals surface area contributed by atoms with E-state index in [1.54, 1.807) is 7.05 Å². The molecular weight excluding hydrogens is 439 g/mol. The van der Waals surface area contributed by atoms with Gasteiger partial charge < -0.3 is 16.0 Å². The van der Waals surface area contributed by atoms with Crippen molar-refractivity contribution in [2.75, 3.05) is 18.9 Å². The maximum atomic E-state index is 12.0. The number of nitrogens with one attached hydrogen (secondary N) is 3. The fraction of sp³-hybridized carbons (Fsp3) is 0.529. The van der Waals surface area contributed by atoms with E-state index in [9.17, 15) is 4.79 Å². The highest BCUT2D eigenvalue weighted by atomic mass is 127. The first-order chi connectivity index (χ1) is 10.8. The van der Waals surface area contributed by atoms with Gasteiger partial charge in [-0.2, -0.15) is 0 Å². The van der Waals surface area contributed by atoms with Crippen LogP contribution in [0, 0.1) is 12.8 Å². The van der Waals surface area contributed by atoms with E-state index in [0.717, 1.165) is 5.56 Å². The molecule has 1 atom stereocenters. The van der Waals surface area contributed by atoms with E-state index in [0.29, 0.717) is 41.6 Å². The fourth-order valence-corrected chi connectivity index (χ4v) is 2.09. The minimum Gasteiger partial charge on any atom is -0.356 e. The van der Waals surface area contributed by atoms with Crippen LogP contribution in [-0.4, -0.2) is 31.5 Å². The summed E-state index contributed by atoms with van der Waals surface area (Å²) in [6.07, 6.45) is 0.334. The highest BCUT2D eigenvalue weighted by Crippen LogP contribution is 2.22. The second kappa shape index (κ2) is 11.5. The lowest BCUT2D eigenvalue weighted by Gasteiger charge is -2.20. The lowest BCUT2D eigenvalue weighted by atomic mass is 10.1. The number of halogens is 2. The molecule has 0 radical (unpaired) electrons. The fourth-order valence-electron chi connectivity index (χ4n) is 1.81. The Bertz CT molecular complexity index is 564. The third-order valence-electron chi connectivity index (χ3n) is 3.63. The van der Waals surface area contributed by atoms with Crippen molar-refractivity contribution >= 4 is 53.1 Å². The molecule has 5 nitrogen and oxygen atoms in total. The van der Waals surface area contributed by atoms with Crippen LogP contribution < -0.4 is 16.0 Å². The number of aliphatic imine (C=N–C) groups is 1. The Labute approximate surface area is 167 Å². The smallest absolute Gasteiger partial charge is 0.226 e. The number of rotatable bonds is 6. The van der Waals surface area contributed by atoms with Crippen LogP contribution in [0.5, 0.6) is 0 Å². The van der Waals surface area contributed by atoms with Gasteiger partial charge in [-0.05, 0) is 37.5 Å². The molecule has 0 saturated carbocycles. The molecule has 3 N–H and O–H groups in total. The maximum absolute atomic E-state index is 12.0. The maximum Gasteiger partial charge on any atom is 0.226 e. The van der Waals surface area contributed by atoms with Crippen LogP contribution in [0.2, 0.25) is 5.02 Å². The SMILES string of the molecule is CN=C(NCCC(=O)Nc1ccc(C)cc1Cl)NC(C)C(C)C.I. The molecule has 136 valence electrons. The van der Waals surface area contributed by atoms with E-state index in [-0.39, 0.29) is 29.9 Å². The zero-order chi connectivity index (χ0) is 17.4. The van der Waals surface area contributed by atoms with E-state index in [1.165, 1.54) is 0 Å². The largest absolute Gasteiger partial charge is 0.356 e. The number of carbonyl (C=O) groups is 1. The third kappa shape index (κ3) is 8.19. The Morgan fingerprint density at radius 1 is 1.29 bits per heavy atom. The predicted molar refractivity (Wildman–Crippen MR) is 114 cm³/mol. The molecule has 1 unspecified atom stereocenters. The van der Waals surface area contributed by atoms with Gasteiger partial charge in [0.2, 0.25) is 5.91 Å². The standard InChI is InChI=1S/C17H27ClN4O.HI/c1-11(2)13(4)21-17(19-5)20-9-8-16(23)22-15-7-6-12(3)10-14(15)18;/h6-7,10-11,13H,8-9H2,1-5H3,(H,22,23)(H2,19,20,21);1H. The summed E-state index contributed by atoms with van der Waals surface area (Å²) >= 11 is 6.11. The molecule has 0 aliphatic heterocycles. The molecular formula is C17H28ClIN4O. The molecule has 1 amide bonds. The minimum atomic E-state index is -0.0874. The van der Waals surface area contributed by atoms with Crippen LogP contribution in [0.15, 0.2) is 23.2 Å². The van der Waals surface area contributed by atoms with Crippen molar-refractivity contribution in [1.29, 1.82) is 0 Å².